The van der Waals surface area contributed by atoms with Crippen molar-refractivity contribution in [1.82, 2.24) is 0 Å². The van der Waals surface area contributed by atoms with Crippen LogP contribution >= 0.6 is 0 Å². The molecule has 0 aromatic carbocycles. The predicted molar refractivity (Wildman–Crippen MR) is 36.1 cm³/mol. The van der Waals surface area contributed by atoms with Crippen LogP contribution in [0.5, 0.6) is 0 Å². The molecule has 0 fully saturated rings. The second kappa shape index (κ2) is 4.45. The summed E-state index contributed by atoms with van der Waals surface area (Å²) in [6.07, 6.45) is 0. The zero-order chi connectivity index (χ0) is 8.85. The molecule has 0 aromatic heterocycles. The Hall–Kier alpha value is -1.37. The molecular formula is C7H8NO3. The van der Waals surface area contributed by atoms with Crippen LogP contribution in [0.4, 0.5) is 0 Å². The first kappa shape index (κ1) is 9.63. The molecule has 0 bridgehead atoms. The summed E-state index contributed by atoms with van der Waals surface area (Å²) in [6.45, 7) is 4.34. The number of nitrogens with zero attached hydrogens (tertiary/aromatic N) is 1. The number of hydrogen-bond donors (Lipinski definition) is 0. The van der Waals surface area contributed by atoms with Gasteiger partial charge in [0.25, 0.3) is 0 Å². The van der Waals surface area contributed by atoms with Crippen LogP contribution in [0.25, 0.3) is 0 Å². The van der Waals surface area contributed by atoms with Crippen LogP contribution < -0.4 is 0 Å². The zero-order valence-electron chi connectivity index (χ0n) is 6.16. The van der Waals surface area contributed by atoms with Gasteiger partial charge in [-0.15, -0.1) is 0 Å². The molecule has 11 heavy (non-hydrogen) atoms. The fourth-order valence-electron chi connectivity index (χ4n) is 0.493. The zero-order valence-corrected chi connectivity index (χ0v) is 6.16. The summed E-state index contributed by atoms with van der Waals surface area (Å²) in [5.41, 5.74) is 0. The molecule has 0 saturated carbocycles. The maximum Gasteiger partial charge on any atom is 0.331 e. The van der Waals surface area contributed by atoms with Crippen molar-refractivity contribution < 1.29 is 14.3 Å². The Morgan fingerprint density at radius 1 is 1.73 bits per heavy atom. The van der Waals surface area contributed by atoms with E-state index in [0.717, 1.165) is 6.92 Å². The predicted octanol–water partition coefficient (Wildman–Crippen LogP) is 0.0925. The van der Waals surface area contributed by atoms with Gasteiger partial charge in [0.05, 0.1) is 12.7 Å². The van der Waals surface area contributed by atoms with Gasteiger partial charge in [-0.1, -0.05) is 0 Å². The minimum Gasteiger partial charge on any atom is -0.464 e. The van der Waals surface area contributed by atoms with Crippen molar-refractivity contribution in [3.05, 3.63) is 6.92 Å². The van der Waals surface area contributed by atoms with E-state index in [-0.39, 0.29) is 6.61 Å². The van der Waals surface area contributed by atoms with Crippen molar-refractivity contribution in [2.45, 2.75) is 6.92 Å². The molecule has 59 valence electrons. The molecule has 0 spiro atoms. The van der Waals surface area contributed by atoms with E-state index in [2.05, 4.69) is 11.7 Å². The van der Waals surface area contributed by atoms with Gasteiger partial charge in [-0.25, -0.2) is 0 Å². The fourth-order valence-corrected chi connectivity index (χ4v) is 0.493. The smallest absolute Gasteiger partial charge is 0.331 e. The van der Waals surface area contributed by atoms with Gasteiger partial charge < -0.3 is 4.74 Å². The number of rotatable bonds is 3. The van der Waals surface area contributed by atoms with E-state index in [0.29, 0.717) is 0 Å². The maximum atomic E-state index is 10.7. The Kier molecular flexibility index (Phi) is 3.89. The molecule has 0 rings (SSSR count). The van der Waals surface area contributed by atoms with Crippen LogP contribution in [-0.4, -0.2) is 18.4 Å². The van der Waals surface area contributed by atoms with E-state index in [1.807, 2.05) is 0 Å². The number of hydrogen-bond acceptors (Lipinski definition) is 4. The Bertz CT molecular complexity index is 204. The normalized spacial score (nSPS) is 11.4. The molecule has 1 atom stereocenters. The highest BCUT2D eigenvalue weighted by Crippen LogP contribution is 1.99. The van der Waals surface area contributed by atoms with Gasteiger partial charge in [-0.3, -0.25) is 9.59 Å². The van der Waals surface area contributed by atoms with E-state index >= 15 is 0 Å². The molecule has 0 heterocycles. The number of Topliss-reactive ketones (excluding diaryl/α,β-unsaturated/α-hetero) is 1. The van der Waals surface area contributed by atoms with Crippen molar-refractivity contribution in [2.24, 2.45) is 5.92 Å². The van der Waals surface area contributed by atoms with Crippen molar-refractivity contribution >= 4 is 11.8 Å². The highest BCUT2D eigenvalue weighted by Gasteiger charge is 2.23. The quantitative estimate of drug-likeness (QED) is 0.427. The summed E-state index contributed by atoms with van der Waals surface area (Å²) in [6, 6.07) is 1.53. The van der Waals surface area contributed by atoms with Crippen LogP contribution in [-0.2, 0) is 14.3 Å². The van der Waals surface area contributed by atoms with Gasteiger partial charge in [-0.2, -0.15) is 5.26 Å². The van der Waals surface area contributed by atoms with Crippen molar-refractivity contribution in [3.63, 3.8) is 0 Å². The first-order valence-electron chi connectivity index (χ1n) is 2.99. The summed E-state index contributed by atoms with van der Waals surface area (Å²) >= 11 is 0. The van der Waals surface area contributed by atoms with Crippen LogP contribution in [0.2, 0.25) is 0 Å². The largest absolute Gasteiger partial charge is 0.464 e. The topological polar surface area (TPSA) is 67.2 Å². The lowest BCUT2D eigenvalue weighted by atomic mass is 10.1. The van der Waals surface area contributed by atoms with Crippen LogP contribution in [0.1, 0.15) is 6.92 Å². The summed E-state index contributed by atoms with van der Waals surface area (Å²) in [5, 5.41) is 8.30. The molecule has 0 aromatic rings. The molecule has 0 N–H and O–H groups in total. The van der Waals surface area contributed by atoms with Gasteiger partial charge in [0.2, 0.25) is 5.92 Å². The minimum atomic E-state index is -1.29. The second-order valence-corrected chi connectivity index (χ2v) is 1.84. The van der Waals surface area contributed by atoms with Gasteiger partial charge in [0.15, 0.2) is 5.78 Å². The van der Waals surface area contributed by atoms with Crippen LogP contribution in [0, 0.1) is 24.2 Å². The lowest BCUT2D eigenvalue weighted by Gasteiger charge is -2.02. The number of nitriles is 1. The Balaban J connectivity index is 4.18. The molecule has 0 aliphatic rings. The van der Waals surface area contributed by atoms with Crippen LogP contribution in [0.3, 0.4) is 0 Å². The third kappa shape index (κ3) is 2.80. The first-order chi connectivity index (χ1) is 5.13. The third-order valence-corrected chi connectivity index (χ3v) is 1.02. The number of ketones is 1. The van der Waals surface area contributed by atoms with Crippen molar-refractivity contribution in [2.75, 3.05) is 6.61 Å². The average molecular weight is 154 g/mol. The number of carbonyl (C=O) groups excluding carboxylic acids is 2. The monoisotopic (exact) mass is 154 g/mol. The number of ether oxygens (including phenoxy) is 1. The highest BCUT2D eigenvalue weighted by molar-refractivity contribution is 6.00. The Labute approximate surface area is 64.8 Å². The number of carbonyl (C=O) groups is 2. The molecule has 0 aliphatic heterocycles. The van der Waals surface area contributed by atoms with Crippen LogP contribution in [0.15, 0.2) is 0 Å². The molecular weight excluding hydrogens is 146 g/mol. The first-order valence-corrected chi connectivity index (χ1v) is 2.99. The summed E-state index contributed by atoms with van der Waals surface area (Å²) in [7, 11) is 0. The molecule has 0 saturated heterocycles. The lowest BCUT2D eigenvalue weighted by molar-refractivity contribution is -0.148. The van der Waals surface area contributed by atoms with Gasteiger partial charge in [0.1, 0.15) is 0 Å². The fraction of sp³-hybridized carbons (Fsp3) is 0.429. The van der Waals surface area contributed by atoms with Crippen molar-refractivity contribution in [1.29, 1.82) is 5.26 Å². The van der Waals surface area contributed by atoms with Gasteiger partial charge in [-0.05, 0) is 13.8 Å². The Morgan fingerprint density at radius 2 is 2.27 bits per heavy atom. The van der Waals surface area contributed by atoms with E-state index in [4.69, 9.17) is 5.26 Å². The summed E-state index contributed by atoms with van der Waals surface area (Å²) in [4.78, 5) is 21.3. The summed E-state index contributed by atoms with van der Waals surface area (Å²) in [5.74, 6) is -2.63. The van der Waals surface area contributed by atoms with Crippen molar-refractivity contribution in [3.8, 4) is 6.07 Å². The molecule has 0 amide bonds. The minimum absolute atomic E-state index is 0.0652. The maximum absolute atomic E-state index is 10.7. The van der Waals surface area contributed by atoms with E-state index in [1.165, 1.54) is 6.07 Å². The van der Waals surface area contributed by atoms with E-state index in [9.17, 15) is 9.59 Å². The van der Waals surface area contributed by atoms with Gasteiger partial charge >= 0.3 is 5.97 Å². The standard InChI is InChI=1S/C7H8NO3/c1-3-11-7(10)6(4-8)5(2)9/h6H,1,3H2,2H3. The van der Waals surface area contributed by atoms with E-state index < -0.39 is 17.7 Å². The molecule has 1 unspecified atom stereocenters. The SMILES string of the molecule is [CH2]COC(=O)C(C#N)C(C)=O. The third-order valence-electron chi connectivity index (χ3n) is 1.02. The summed E-state index contributed by atoms with van der Waals surface area (Å²) < 4.78 is 4.36. The number of esters is 1. The highest BCUT2D eigenvalue weighted by atomic mass is 16.5. The van der Waals surface area contributed by atoms with E-state index in [1.54, 1.807) is 0 Å². The Morgan fingerprint density at radius 3 is 2.55 bits per heavy atom. The van der Waals surface area contributed by atoms with Gasteiger partial charge in [0, 0.05) is 0 Å². The average Bonchev–Trinajstić information content (AvgIpc) is 1.88. The lowest BCUT2D eigenvalue weighted by Crippen LogP contribution is -2.22. The molecule has 0 aliphatic carbocycles. The molecule has 1 radical (unpaired) electrons. The molecule has 4 heteroatoms. The molecule has 4 nitrogen and oxygen atoms in total. The second-order valence-electron chi connectivity index (χ2n) is 1.84.